The van der Waals surface area contributed by atoms with Gasteiger partial charge in [0.05, 0.1) is 0 Å². The van der Waals surface area contributed by atoms with E-state index >= 15 is 0 Å². The molecule has 10 unspecified atom stereocenters. The fraction of sp³-hybridized carbons (Fsp3) is 0.850. The smallest absolute Gasteiger partial charge is 0.00732 e. The largest absolute Gasteiger partial charge is 0.405 e. The summed E-state index contributed by atoms with van der Waals surface area (Å²) in [6.07, 6.45) is 26.4. The van der Waals surface area contributed by atoms with E-state index < -0.39 is 0 Å². The van der Waals surface area contributed by atoms with E-state index in [0.717, 1.165) is 66.1 Å². The first-order valence-corrected chi connectivity index (χ1v) is 18.2. The topological polar surface area (TPSA) is 26.0 Å². The number of nitrogens with two attached hydrogens (primary N) is 1. The van der Waals surface area contributed by atoms with Crippen molar-refractivity contribution >= 4 is 0 Å². The van der Waals surface area contributed by atoms with Crippen molar-refractivity contribution in [2.45, 2.75) is 152 Å². The summed E-state index contributed by atoms with van der Waals surface area (Å²) in [4.78, 5) is 0. The maximum Gasteiger partial charge on any atom is -0.00732 e. The van der Waals surface area contributed by atoms with Crippen LogP contribution in [0.1, 0.15) is 152 Å². The van der Waals surface area contributed by atoms with Crippen molar-refractivity contribution in [1.29, 1.82) is 0 Å². The molecular formula is C40H71N. The first kappa shape index (κ1) is 34.5. The Morgan fingerprint density at radius 2 is 1.73 bits per heavy atom. The van der Waals surface area contributed by atoms with E-state index in [1.165, 1.54) is 76.2 Å². The Bertz CT molecular complexity index is 879. The molecule has 5 aliphatic rings. The highest BCUT2D eigenvalue weighted by molar-refractivity contribution is 5.26. The third-order valence-electron chi connectivity index (χ3n) is 13.1. The van der Waals surface area contributed by atoms with Crippen molar-refractivity contribution in [3.05, 3.63) is 36.1 Å². The first-order valence-electron chi connectivity index (χ1n) is 18.2. The van der Waals surface area contributed by atoms with E-state index in [9.17, 15) is 0 Å². The van der Waals surface area contributed by atoms with Crippen LogP contribution in [0.4, 0.5) is 0 Å². The van der Waals surface area contributed by atoms with Crippen LogP contribution >= 0.6 is 0 Å². The van der Waals surface area contributed by atoms with Crippen LogP contribution in [-0.4, -0.2) is 0 Å². The van der Waals surface area contributed by atoms with Crippen LogP contribution < -0.4 is 5.73 Å². The Labute approximate surface area is 257 Å². The number of hydrogen-bond acceptors (Lipinski definition) is 1. The molecule has 0 aromatic rings. The van der Waals surface area contributed by atoms with E-state index in [4.69, 9.17) is 5.73 Å². The van der Waals surface area contributed by atoms with Gasteiger partial charge in [-0.3, -0.25) is 0 Å². The molecule has 5 aliphatic carbocycles. The summed E-state index contributed by atoms with van der Waals surface area (Å²) in [5.74, 6) is 8.95. The summed E-state index contributed by atoms with van der Waals surface area (Å²) >= 11 is 0. The van der Waals surface area contributed by atoms with Gasteiger partial charge in [-0.05, 0) is 148 Å². The minimum absolute atomic E-state index is 0.555. The standard InChI is InChI=1S/C31H52.C7H13N.C2H6/c1-20(2)8-7-9-21(3)27-12-13-28-25-11-10-24-19-23(26-18-22(26)4)14-16-30(24,5)29(25)15-17-31(27,28)6;1-3-4-5-7(2)6-8;1-2/h10,20-23,25-29H,7-9,11-19H2,1-6H3;3,6H,1,4-5,8H2,2H3;1-2H3/b;7-6+;. The molecule has 2 N–H and O–H groups in total. The predicted molar refractivity (Wildman–Crippen MR) is 183 cm³/mol. The summed E-state index contributed by atoms with van der Waals surface area (Å²) in [5.41, 5.74) is 9.56. The molecule has 10 atom stereocenters. The van der Waals surface area contributed by atoms with Gasteiger partial charge in [0.2, 0.25) is 0 Å². The quantitative estimate of drug-likeness (QED) is 0.276. The molecule has 0 amide bonds. The van der Waals surface area contributed by atoms with Crippen LogP contribution in [-0.2, 0) is 0 Å². The van der Waals surface area contributed by atoms with E-state index in [1.807, 2.05) is 32.4 Å². The van der Waals surface area contributed by atoms with Gasteiger partial charge in [0.1, 0.15) is 0 Å². The lowest BCUT2D eigenvalue weighted by atomic mass is 9.46. The predicted octanol–water partition coefficient (Wildman–Crippen LogP) is 12.1. The molecule has 0 heterocycles. The molecule has 0 aromatic heterocycles. The molecule has 0 saturated heterocycles. The van der Waals surface area contributed by atoms with Gasteiger partial charge in [-0.2, -0.15) is 0 Å². The number of fused-ring (bicyclic) bond motifs is 5. The minimum atomic E-state index is 0.555. The highest BCUT2D eigenvalue weighted by Gasteiger charge is 2.59. The van der Waals surface area contributed by atoms with Gasteiger partial charge in [0, 0.05) is 0 Å². The fourth-order valence-corrected chi connectivity index (χ4v) is 10.5. The SMILES string of the molecule is C=CCC/C(C)=C/N.CC.CC(C)CCCC(C)C1CCC2C3CC=C4CC(C5CC5C)CCC4(C)C3CCC12C. The Balaban J connectivity index is 0.000000402. The summed E-state index contributed by atoms with van der Waals surface area (Å²) in [7, 11) is 0. The summed E-state index contributed by atoms with van der Waals surface area (Å²) in [6, 6.07) is 0. The van der Waals surface area contributed by atoms with Gasteiger partial charge in [-0.25, -0.2) is 0 Å². The Morgan fingerprint density at radius 3 is 2.34 bits per heavy atom. The van der Waals surface area contributed by atoms with Gasteiger partial charge in [-0.15, -0.1) is 6.58 Å². The van der Waals surface area contributed by atoms with E-state index in [1.54, 1.807) is 12.6 Å². The molecule has 0 bridgehead atoms. The number of hydrogen-bond donors (Lipinski definition) is 1. The van der Waals surface area contributed by atoms with Crippen LogP contribution in [0.3, 0.4) is 0 Å². The average molecular weight is 566 g/mol. The molecule has 5 rings (SSSR count). The van der Waals surface area contributed by atoms with E-state index in [0.29, 0.717) is 10.8 Å². The monoisotopic (exact) mass is 566 g/mol. The minimum Gasteiger partial charge on any atom is -0.405 e. The van der Waals surface area contributed by atoms with Crippen molar-refractivity contribution in [3.63, 3.8) is 0 Å². The molecule has 4 fully saturated rings. The van der Waals surface area contributed by atoms with Crippen LogP contribution in [0.15, 0.2) is 36.1 Å². The lowest BCUT2D eigenvalue weighted by Crippen LogP contribution is -2.50. The maximum atomic E-state index is 5.22. The molecule has 0 aromatic carbocycles. The Kier molecular flexibility index (Phi) is 12.8. The molecule has 1 heteroatoms. The fourth-order valence-electron chi connectivity index (χ4n) is 10.5. The molecule has 236 valence electrons. The second-order valence-electron chi connectivity index (χ2n) is 16.0. The average Bonchev–Trinajstić information content (AvgIpc) is 3.58. The Hall–Kier alpha value is -0.980. The van der Waals surface area contributed by atoms with Crippen LogP contribution in [0.5, 0.6) is 0 Å². The highest BCUT2D eigenvalue weighted by atomic mass is 14.6. The lowest BCUT2D eigenvalue weighted by Gasteiger charge is -2.58. The molecular weight excluding hydrogens is 494 g/mol. The molecule has 0 spiro atoms. The molecule has 41 heavy (non-hydrogen) atoms. The maximum absolute atomic E-state index is 5.22. The zero-order valence-electron chi connectivity index (χ0n) is 29.1. The molecule has 0 radical (unpaired) electrons. The zero-order valence-corrected chi connectivity index (χ0v) is 29.1. The summed E-state index contributed by atoms with van der Waals surface area (Å²) in [6.45, 7) is 25.0. The van der Waals surface area contributed by atoms with Crippen LogP contribution in [0.25, 0.3) is 0 Å². The van der Waals surface area contributed by atoms with Gasteiger partial charge in [0.25, 0.3) is 0 Å². The van der Waals surface area contributed by atoms with Crippen molar-refractivity contribution in [2.75, 3.05) is 0 Å². The summed E-state index contributed by atoms with van der Waals surface area (Å²) < 4.78 is 0. The van der Waals surface area contributed by atoms with Crippen molar-refractivity contribution in [3.8, 4) is 0 Å². The number of rotatable bonds is 9. The molecule has 0 aliphatic heterocycles. The van der Waals surface area contributed by atoms with Crippen LogP contribution in [0, 0.1) is 64.1 Å². The second-order valence-corrected chi connectivity index (χ2v) is 16.0. The highest BCUT2D eigenvalue weighted by Crippen LogP contribution is 2.68. The van der Waals surface area contributed by atoms with E-state index in [2.05, 4.69) is 54.2 Å². The lowest BCUT2D eigenvalue weighted by molar-refractivity contribution is -0.0534. The molecule has 1 nitrogen and oxygen atoms in total. The van der Waals surface area contributed by atoms with Crippen molar-refractivity contribution < 1.29 is 0 Å². The number of allylic oxidation sites excluding steroid dienone is 4. The van der Waals surface area contributed by atoms with Crippen LogP contribution in [0.2, 0.25) is 0 Å². The first-order chi connectivity index (χ1) is 19.5. The second kappa shape index (κ2) is 15.1. The van der Waals surface area contributed by atoms with Gasteiger partial charge < -0.3 is 5.73 Å². The van der Waals surface area contributed by atoms with Crippen molar-refractivity contribution in [2.24, 2.45) is 69.8 Å². The third kappa shape index (κ3) is 7.76. The zero-order chi connectivity index (χ0) is 30.4. The summed E-state index contributed by atoms with van der Waals surface area (Å²) in [5, 5.41) is 0. The van der Waals surface area contributed by atoms with Gasteiger partial charge >= 0.3 is 0 Å². The Morgan fingerprint density at radius 1 is 1.02 bits per heavy atom. The van der Waals surface area contributed by atoms with E-state index in [-0.39, 0.29) is 0 Å². The third-order valence-corrected chi connectivity index (χ3v) is 13.1. The van der Waals surface area contributed by atoms with Gasteiger partial charge in [-0.1, -0.05) is 98.0 Å². The normalized spacial score (nSPS) is 40.0. The van der Waals surface area contributed by atoms with Crippen molar-refractivity contribution in [1.82, 2.24) is 0 Å². The van der Waals surface area contributed by atoms with Gasteiger partial charge in [0.15, 0.2) is 0 Å². The molecule has 4 saturated carbocycles.